The Hall–Kier alpha value is -0.640. The third-order valence-corrected chi connectivity index (χ3v) is 1.81. The van der Waals surface area contributed by atoms with Crippen LogP contribution in [0.2, 0.25) is 0 Å². The zero-order chi connectivity index (χ0) is 20.6. The number of hydrogen-bond acceptors (Lipinski definition) is 3. The number of anilines is 1. The van der Waals surface area contributed by atoms with Crippen molar-refractivity contribution in [2.75, 3.05) is 17.9 Å². The van der Waals surface area contributed by atoms with Crippen molar-refractivity contribution in [2.24, 2.45) is 5.89 Å². The average Bonchev–Trinajstić information content (AvgIpc) is 2.42. The van der Waals surface area contributed by atoms with Crippen molar-refractivity contribution in [3.63, 3.8) is 0 Å². The Morgan fingerprint density at radius 1 is 1.71 bits per heavy atom. The monoisotopic (exact) mass is 267 g/mol. The summed E-state index contributed by atoms with van der Waals surface area (Å²) in [6.07, 6.45) is -6.20. The highest BCUT2D eigenvalue weighted by molar-refractivity contribution is 9.10. The first-order valence-corrected chi connectivity index (χ1v) is 4.45. The van der Waals surface area contributed by atoms with Gasteiger partial charge in [-0.3, -0.25) is 0 Å². The molecule has 1 saturated heterocycles. The van der Waals surface area contributed by atoms with E-state index in [1.807, 2.05) is 0 Å². The van der Waals surface area contributed by atoms with E-state index in [2.05, 4.69) is 25.9 Å². The van der Waals surface area contributed by atoms with Gasteiger partial charge in [-0.1, -0.05) is 6.85 Å². The largest absolute Gasteiger partial charge is 0.356 e. The van der Waals surface area contributed by atoms with Crippen LogP contribution < -0.4 is 4.90 Å². The highest BCUT2D eigenvalue weighted by Crippen LogP contribution is 2.21. The van der Waals surface area contributed by atoms with Crippen LogP contribution in [0.5, 0.6) is 0 Å². The molecule has 0 amide bonds. The average molecular weight is 268 g/mol. The molecular weight excluding hydrogens is 242 g/mol. The molecule has 0 bridgehead atoms. The van der Waals surface area contributed by atoms with Gasteiger partial charge in [-0.25, -0.2) is 9.97 Å². The highest BCUT2D eigenvalue weighted by atomic mass is 79.9. The first kappa shape index (κ1) is 2.94. The first-order chi connectivity index (χ1) is 11.4. The molecule has 3 nitrogen and oxygen atoms in total. The van der Waals surface area contributed by atoms with Gasteiger partial charge < -0.3 is 4.90 Å². The Balaban J connectivity index is 2.89. The van der Waals surface area contributed by atoms with E-state index in [9.17, 15) is 0 Å². The molecule has 4 heteroatoms. The summed E-state index contributed by atoms with van der Waals surface area (Å²) >= 11 is 2.91. The predicted molar refractivity (Wildman–Crippen MR) is 60.3 cm³/mol. The lowest BCUT2D eigenvalue weighted by Crippen LogP contribution is -2.33. The molecule has 1 aliphatic rings. The normalized spacial score (nSPS) is 48.8. The molecule has 1 aromatic heterocycles. The molecule has 0 radical (unpaired) electrons. The highest BCUT2D eigenvalue weighted by Gasteiger charge is 2.16. The molecule has 0 saturated carbocycles. The molecule has 0 atom stereocenters. The van der Waals surface area contributed by atoms with Gasteiger partial charge in [-0.05, 0) is 40.6 Å². The van der Waals surface area contributed by atoms with Crippen LogP contribution in [0.3, 0.4) is 0 Å². The maximum Gasteiger partial charge on any atom is 0.198 e. The van der Waals surface area contributed by atoms with Gasteiger partial charge >= 0.3 is 0 Å². The second-order valence-electron chi connectivity index (χ2n) is 2.37. The lowest BCUT2D eigenvalue weighted by Gasteiger charge is -2.31. The van der Waals surface area contributed by atoms with Crippen LogP contribution in [0, 0.1) is 5.89 Å². The maximum absolute atomic E-state index is 8.13. The van der Waals surface area contributed by atoms with E-state index in [-0.39, 0.29) is 9.63 Å². The van der Waals surface area contributed by atoms with E-state index in [4.69, 9.17) is 16.4 Å². The SMILES string of the molecule is [2H]C([2H])([2H])C1([2H])C([2H])([2H])C([2H])([2H])N(c2ccnc(Br)n2)C([2H])([2H])C1([2H])[2H]. The van der Waals surface area contributed by atoms with Gasteiger partial charge in [0.05, 0.1) is 0 Å². The van der Waals surface area contributed by atoms with Gasteiger partial charge in [0.2, 0.25) is 0 Å². The third kappa shape index (κ3) is 2.23. The van der Waals surface area contributed by atoms with Gasteiger partial charge in [0.15, 0.2) is 4.73 Å². The number of nitrogens with zero attached hydrogens (tertiary/aromatic N) is 3. The molecule has 0 spiro atoms. The molecular formula is C10H14BrN3. The van der Waals surface area contributed by atoms with Crippen molar-refractivity contribution >= 4 is 21.7 Å². The van der Waals surface area contributed by atoms with Crippen LogP contribution in [0.15, 0.2) is 17.0 Å². The van der Waals surface area contributed by atoms with E-state index in [0.29, 0.717) is 0 Å². The van der Waals surface area contributed by atoms with Crippen LogP contribution in [0.25, 0.3) is 0 Å². The molecule has 2 rings (SSSR count). The molecule has 76 valence electrons. The minimum Gasteiger partial charge on any atom is -0.356 e. The number of rotatable bonds is 1. The maximum atomic E-state index is 8.13. The summed E-state index contributed by atoms with van der Waals surface area (Å²) in [6.45, 7) is -10.5. The Morgan fingerprint density at radius 3 is 3.14 bits per heavy atom. The third-order valence-electron chi connectivity index (χ3n) is 1.43. The number of halogens is 1. The van der Waals surface area contributed by atoms with Gasteiger partial charge in [-0.15, -0.1) is 0 Å². The van der Waals surface area contributed by atoms with Crippen LogP contribution in [-0.4, -0.2) is 23.0 Å². The van der Waals surface area contributed by atoms with Crippen LogP contribution >= 0.6 is 15.9 Å². The van der Waals surface area contributed by atoms with Crippen molar-refractivity contribution < 1.29 is 16.4 Å². The number of aromatic nitrogens is 2. The van der Waals surface area contributed by atoms with E-state index < -0.39 is 44.3 Å². The summed E-state index contributed by atoms with van der Waals surface area (Å²) in [4.78, 5) is 7.52. The summed E-state index contributed by atoms with van der Waals surface area (Å²) in [5.74, 6) is -4.26. The van der Waals surface area contributed by atoms with Crippen molar-refractivity contribution in [1.29, 1.82) is 0 Å². The van der Waals surface area contributed by atoms with Gasteiger partial charge in [-0.2, -0.15) is 0 Å². The smallest absolute Gasteiger partial charge is 0.198 e. The second kappa shape index (κ2) is 4.26. The van der Waals surface area contributed by atoms with E-state index in [1.165, 1.54) is 0 Å². The molecule has 0 aromatic carbocycles. The summed E-state index contributed by atoms with van der Waals surface area (Å²) in [7, 11) is 0. The van der Waals surface area contributed by atoms with E-state index in [0.717, 1.165) is 12.3 Å². The van der Waals surface area contributed by atoms with Crippen LogP contribution in [-0.2, 0) is 0 Å². The van der Waals surface area contributed by atoms with Crippen molar-refractivity contribution in [1.82, 2.24) is 9.97 Å². The Kier molecular flexibility index (Phi) is 0.893. The van der Waals surface area contributed by atoms with Crippen molar-refractivity contribution in [2.45, 2.75) is 19.6 Å². The Bertz CT molecular complexity index is 689. The molecule has 0 N–H and O–H groups in total. The molecule has 1 fully saturated rings. The fraction of sp³-hybridized carbons (Fsp3) is 0.600. The molecule has 0 unspecified atom stereocenters. The van der Waals surface area contributed by atoms with Gasteiger partial charge in [0.25, 0.3) is 0 Å². The number of hydrogen-bond donors (Lipinski definition) is 0. The van der Waals surface area contributed by atoms with E-state index in [1.54, 1.807) is 0 Å². The Morgan fingerprint density at radius 2 is 2.50 bits per heavy atom. The first-order valence-electron chi connectivity index (χ1n) is 9.66. The fourth-order valence-electron chi connectivity index (χ4n) is 0.848. The van der Waals surface area contributed by atoms with Gasteiger partial charge in [0, 0.05) is 35.6 Å². The minimum absolute atomic E-state index is 0.0883. The summed E-state index contributed by atoms with van der Waals surface area (Å²) in [6, 6.07) is 1.03. The topological polar surface area (TPSA) is 29.0 Å². The van der Waals surface area contributed by atoms with Crippen LogP contribution in [0.1, 0.15) is 36.0 Å². The molecule has 2 heterocycles. The summed E-state index contributed by atoms with van der Waals surface area (Å²) in [5, 5.41) is 0. The minimum atomic E-state index is -3.75. The fourth-order valence-corrected chi connectivity index (χ4v) is 1.15. The Labute approximate surface area is 110 Å². The molecule has 1 aromatic rings. The second-order valence-corrected chi connectivity index (χ2v) is 3.08. The zero-order valence-electron chi connectivity index (χ0n) is 18.9. The summed E-state index contributed by atoms with van der Waals surface area (Å²) < 4.78 is 95.1. The molecule has 1 aliphatic heterocycles. The van der Waals surface area contributed by atoms with Crippen molar-refractivity contribution in [3.05, 3.63) is 17.0 Å². The lowest BCUT2D eigenvalue weighted by molar-refractivity contribution is 0.436. The van der Waals surface area contributed by atoms with Crippen molar-refractivity contribution in [3.8, 4) is 0 Å². The zero-order valence-corrected chi connectivity index (χ0v) is 8.46. The van der Waals surface area contributed by atoms with E-state index >= 15 is 0 Å². The molecule has 14 heavy (non-hydrogen) atoms. The molecule has 0 aliphatic carbocycles. The predicted octanol–water partition coefficient (Wildman–Crippen LogP) is 2.48. The lowest BCUT2D eigenvalue weighted by atomic mass is 9.99. The van der Waals surface area contributed by atoms with Crippen LogP contribution in [0.4, 0.5) is 5.82 Å². The standard InChI is InChI=1S/C10H14BrN3/c1-8-3-6-14(7-4-8)9-2-5-12-10(11)13-9/h2,5,8H,3-4,6-7H2,1H3/i1D3,3D2,4D2,6D2,7D2,8D. The summed E-state index contributed by atoms with van der Waals surface area (Å²) in [5.41, 5.74) is 0. The number of piperidine rings is 1. The van der Waals surface area contributed by atoms with Gasteiger partial charge in [0.1, 0.15) is 5.82 Å². The quantitative estimate of drug-likeness (QED) is 0.733.